The number of hydrogen-bond donors (Lipinski definition) is 1. The minimum Gasteiger partial charge on any atom is -0.342 e. The lowest BCUT2D eigenvalue weighted by atomic mass is 10.1. The number of nitrogens with zero attached hydrogens (tertiary/aromatic N) is 1. The standard InChI is InChI=1S/C17H20ClFN2/c1-12(2)20-11-13-10-14(18)8-9-16(13)21(3)17-7-5-4-6-15(17)19/h4-10,12,20H,11H2,1-3H3. The Morgan fingerprint density at radius 2 is 1.86 bits per heavy atom. The van der Waals surface area contributed by atoms with Crippen LogP contribution in [0.15, 0.2) is 42.5 Å². The van der Waals surface area contributed by atoms with Crippen LogP contribution in [0.3, 0.4) is 0 Å². The molecule has 0 spiro atoms. The van der Waals surface area contributed by atoms with Crippen LogP contribution in [0.5, 0.6) is 0 Å². The molecular weight excluding hydrogens is 287 g/mol. The molecule has 2 aromatic carbocycles. The Bertz CT molecular complexity index is 613. The SMILES string of the molecule is CC(C)NCc1cc(Cl)ccc1N(C)c1ccccc1F. The summed E-state index contributed by atoms with van der Waals surface area (Å²) in [5, 5.41) is 4.05. The molecule has 112 valence electrons. The van der Waals surface area contributed by atoms with Gasteiger partial charge in [-0.2, -0.15) is 0 Å². The highest BCUT2D eigenvalue weighted by atomic mass is 35.5. The predicted molar refractivity (Wildman–Crippen MR) is 87.9 cm³/mol. The maximum absolute atomic E-state index is 14.0. The molecule has 0 aliphatic heterocycles. The van der Waals surface area contributed by atoms with Gasteiger partial charge < -0.3 is 10.2 Å². The van der Waals surface area contributed by atoms with E-state index in [0.717, 1.165) is 11.3 Å². The number of rotatable bonds is 5. The summed E-state index contributed by atoms with van der Waals surface area (Å²) in [5.41, 5.74) is 2.53. The fraction of sp³-hybridized carbons (Fsp3) is 0.294. The van der Waals surface area contributed by atoms with Gasteiger partial charge in [0.25, 0.3) is 0 Å². The average molecular weight is 307 g/mol. The van der Waals surface area contributed by atoms with Crippen molar-refractivity contribution in [3.8, 4) is 0 Å². The molecular formula is C17H20ClFN2. The van der Waals surface area contributed by atoms with Crippen LogP contribution in [0.4, 0.5) is 15.8 Å². The number of anilines is 2. The van der Waals surface area contributed by atoms with E-state index in [0.29, 0.717) is 23.3 Å². The zero-order valence-electron chi connectivity index (χ0n) is 12.5. The van der Waals surface area contributed by atoms with E-state index in [2.05, 4.69) is 19.2 Å². The van der Waals surface area contributed by atoms with Gasteiger partial charge in [0.05, 0.1) is 5.69 Å². The minimum absolute atomic E-state index is 0.238. The minimum atomic E-state index is -0.238. The maximum atomic E-state index is 14.0. The summed E-state index contributed by atoms with van der Waals surface area (Å²) in [4.78, 5) is 1.85. The summed E-state index contributed by atoms with van der Waals surface area (Å²) >= 11 is 6.09. The second kappa shape index (κ2) is 6.92. The maximum Gasteiger partial charge on any atom is 0.146 e. The summed E-state index contributed by atoms with van der Waals surface area (Å²) in [6.45, 7) is 4.86. The quantitative estimate of drug-likeness (QED) is 0.858. The normalized spacial score (nSPS) is 11.0. The monoisotopic (exact) mass is 306 g/mol. The van der Waals surface area contributed by atoms with Crippen LogP contribution in [0, 0.1) is 5.82 Å². The molecule has 1 N–H and O–H groups in total. The molecule has 0 aliphatic carbocycles. The second-order valence-corrected chi connectivity index (χ2v) is 5.76. The Labute approximate surface area is 130 Å². The predicted octanol–water partition coefficient (Wildman–Crippen LogP) is 4.75. The molecule has 0 amide bonds. The molecule has 0 aliphatic rings. The number of hydrogen-bond acceptors (Lipinski definition) is 2. The molecule has 0 fully saturated rings. The van der Waals surface area contributed by atoms with Crippen molar-refractivity contribution in [2.45, 2.75) is 26.4 Å². The molecule has 0 bridgehead atoms. The smallest absolute Gasteiger partial charge is 0.146 e. The topological polar surface area (TPSA) is 15.3 Å². The molecule has 0 unspecified atom stereocenters. The summed E-state index contributed by atoms with van der Waals surface area (Å²) in [5.74, 6) is -0.238. The fourth-order valence-corrected chi connectivity index (χ4v) is 2.39. The van der Waals surface area contributed by atoms with Gasteiger partial charge in [0.1, 0.15) is 5.82 Å². The number of para-hydroxylation sites is 1. The van der Waals surface area contributed by atoms with Crippen LogP contribution in [0.1, 0.15) is 19.4 Å². The largest absolute Gasteiger partial charge is 0.342 e. The van der Waals surface area contributed by atoms with Crippen LogP contribution in [0.2, 0.25) is 5.02 Å². The van der Waals surface area contributed by atoms with Gasteiger partial charge in [0, 0.05) is 30.3 Å². The van der Waals surface area contributed by atoms with Crippen molar-refractivity contribution in [2.24, 2.45) is 0 Å². The van der Waals surface area contributed by atoms with Gasteiger partial charge in [-0.05, 0) is 35.9 Å². The van der Waals surface area contributed by atoms with Crippen LogP contribution in [-0.2, 0) is 6.54 Å². The van der Waals surface area contributed by atoms with E-state index in [4.69, 9.17) is 11.6 Å². The van der Waals surface area contributed by atoms with E-state index in [-0.39, 0.29) is 5.82 Å². The molecule has 0 radical (unpaired) electrons. The van der Waals surface area contributed by atoms with Gasteiger partial charge in [0.2, 0.25) is 0 Å². The molecule has 0 saturated heterocycles. The highest BCUT2D eigenvalue weighted by Gasteiger charge is 2.13. The first kappa shape index (κ1) is 15.8. The van der Waals surface area contributed by atoms with E-state index in [9.17, 15) is 4.39 Å². The lowest BCUT2D eigenvalue weighted by molar-refractivity contribution is 0.588. The Hall–Kier alpha value is -1.58. The highest BCUT2D eigenvalue weighted by molar-refractivity contribution is 6.30. The zero-order chi connectivity index (χ0) is 15.4. The summed E-state index contributed by atoms with van der Waals surface area (Å²) in [6.07, 6.45) is 0. The third kappa shape index (κ3) is 3.96. The first-order valence-corrected chi connectivity index (χ1v) is 7.37. The summed E-state index contributed by atoms with van der Waals surface area (Å²) < 4.78 is 14.0. The lowest BCUT2D eigenvalue weighted by Gasteiger charge is -2.24. The molecule has 0 heterocycles. The Balaban J connectivity index is 2.36. The Morgan fingerprint density at radius 3 is 2.52 bits per heavy atom. The Kier molecular flexibility index (Phi) is 5.21. The van der Waals surface area contributed by atoms with Crippen molar-refractivity contribution in [1.82, 2.24) is 5.32 Å². The van der Waals surface area contributed by atoms with Crippen molar-refractivity contribution in [1.29, 1.82) is 0 Å². The van der Waals surface area contributed by atoms with Crippen LogP contribution >= 0.6 is 11.6 Å². The zero-order valence-corrected chi connectivity index (χ0v) is 13.3. The van der Waals surface area contributed by atoms with E-state index >= 15 is 0 Å². The van der Waals surface area contributed by atoms with Crippen molar-refractivity contribution in [3.63, 3.8) is 0 Å². The molecule has 4 heteroatoms. The van der Waals surface area contributed by atoms with Crippen molar-refractivity contribution < 1.29 is 4.39 Å². The van der Waals surface area contributed by atoms with Crippen molar-refractivity contribution >= 4 is 23.0 Å². The molecule has 2 nitrogen and oxygen atoms in total. The lowest BCUT2D eigenvalue weighted by Crippen LogP contribution is -2.23. The third-order valence-electron chi connectivity index (χ3n) is 3.32. The highest BCUT2D eigenvalue weighted by Crippen LogP contribution is 2.30. The van der Waals surface area contributed by atoms with E-state index in [1.165, 1.54) is 6.07 Å². The number of benzene rings is 2. The van der Waals surface area contributed by atoms with E-state index < -0.39 is 0 Å². The van der Waals surface area contributed by atoms with Crippen LogP contribution in [-0.4, -0.2) is 13.1 Å². The second-order valence-electron chi connectivity index (χ2n) is 5.32. The van der Waals surface area contributed by atoms with Crippen molar-refractivity contribution in [2.75, 3.05) is 11.9 Å². The van der Waals surface area contributed by atoms with E-state index in [1.54, 1.807) is 12.1 Å². The first-order chi connectivity index (χ1) is 9.99. The first-order valence-electron chi connectivity index (χ1n) is 6.99. The van der Waals surface area contributed by atoms with Gasteiger partial charge in [0.15, 0.2) is 0 Å². The van der Waals surface area contributed by atoms with Gasteiger partial charge in [-0.15, -0.1) is 0 Å². The molecule has 21 heavy (non-hydrogen) atoms. The number of halogens is 2. The van der Waals surface area contributed by atoms with Crippen molar-refractivity contribution in [3.05, 3.63) is 58.9 Å². The summed E-state index contributed by atoms with van der Waals surface area (Å²) in [7, 11) is 1.86. The fourth-order valence-electron chi connectivity index (χ4n) is 2.19. The van der Waals surface area contributed by atoms with Gasteiger partial charge in [-0.3, -0.25) is 0 Å². The van der Waals surface area contributed by atoms with Gasteiger partial charge in [-0.1, -0.05) is 37.6 Å². The molecule has 2 aromatic rings. The molecule has 0 atom stereocenters. The number of nitrogens with one attached hydrogen (secondary N) is 1. The molecule has 0 aromatic heterocycles. The van der Waals surface area contributed by atoms with Gasteiger partial charge >= 0.3 is 0 Å². The van der Waals surface area contributed by atoms with Gasteiger partial charge in [-0.25, -0.2) is 4.39 Å². The van der Waals surface area contributed by atoms with Crippen LogP contribution < -0.4 is 10.2 Å². The Morgan fingerprint density at radius 1 is 1.14 bits per heavy atom. The molecule has 2 rings (SSSR count). The average Bonchev–Trinajstić information content (AvgIpc) is 2.45. The van der Waals surface area contributed by atoms with Crippen LogP contribution in [0.25, 0.3) is 0 Å². The third-order valence-corrected chi connectivity index (χ3v) is 3.55. The molecule has 0 saturated carbocycles. The summed E-state index contributed by atoms with van der Waals surface area (Å²) in [6, 6.07) is 12.8. The van der Waals surface area contributed by atoms with E-state index in [1.807, 2.05) is 36.2 Å².